The van der Waals surface area contributed by atoms with Gasteiger partial charge in [-0.15, -0.1) is 0 Å². The molecule has 33 heavy (non-hydrogen) atoms. The van der Waals surface area contributed by atoms with Crippen molar-refractivity contribution >= 4 is 21.6 Å². The van der Waals surface area contributed by atoms with Crippen LogP contribution in [0.1, 0.15) is 62.6 Å². The highest BCUT2D eigenvalue weighted by molar-refractivity contribution is 7.89. The van der Waals surface area contributed by atoms with Crippen molar-refractivity contribution in [1.82, 2.24) is 19.8 Å². The molecule has 0 bridgehead atoms. The smallest absolute Gasteiger partial charge is 0.272 e. The Morgan fingerprint density at radius 1 is 1.30 bits per heavy atom. The Kier molecular flexibility index (Phi) is 7.08. The van der Waals surface area contributed by atoms with Gasteiger partial charge in [0, 0.05) is 30.3 Å². The summed E-state index contributed by atoms with van der Waals surface area (Å²) in [6, 6.07) is 3.32. The van der Waals surface area contributed by atoms with Crippen LogP contribution in [0.25, 0.3) is 0 Å². The van der Waals surface area contributed by atoms with Crippen molar-refractivity contribution < 1.29 is 22.9 Å². The number of benzene rings is 1. The molecule has 1 aromatic carbocycles. The number of rotatable bonds is 10. The van der Waals surface area contributed by atoms with Gasteiger partial charge in [-0.05, 0) is 45.6 Å². The maximum absolute atomic E-state index is 13.0. The van der Waals surface area contributed by atoms with E-state index in [9.17, 15) is 23.3 Å². The average molecular weight is 480 g/mol. The molecule has 12 heteroatoms. The Balaban J connectivity index is 2.05. The van der Waals surface area contributed by atoms with E-state index in [1.165, 1.54) is 16.8 Å². The van der Waals surface area contributed by atoms with Crippen molar-refractivity contribution in [3.8, 4) is 11.6 Å². The second-order valence-electron chi connectivity index (χ2n) is 8.80. The summed E-state index contributed by atoms with van der Waals surface area (Å²) in [5.41, 5.74) is 0.249. The minimum atomic E-state index is -4.11. The predicted octanol–water partition coefficient (Wildman–Crippen LogP) is 3.30. The van der Waals surface area contributed by atoms with Gasteiger partial charge in [0.1, 0.15) is 10.6 Å². The van der Waals surface area contributed by atoms with E-state index >= 15 is 0 Å². The second-order valence-corrected chi connectivity index (χ2v) is 10.5. The van der Waals surface area contributed by atoms with Crippen LogP contribution in [-0.2, 0) is 10.0 Å². The molecule has 3 rings (SSSR count). The molecule has 1 aromatic heterocycles. The summed E-state index contributed by atoms with van der Waals surface area (Å²) in [4.78, 5) is 22.9. The van der Waals surface area contributed by atoms with Crippen LogP contribution in [0.4, 0.5) is 5.69 Å². The Labute approximate surface area is 192 Å². The molecule has 0 atom stereocenters. The largest absolute Gasteiger partial charge is 0.438 e. The topological polar surface area (TPSA) is 145 Å². The number of hydrogen-bond donors (Lipinski definition) is 2. The van der Waals surface area contributed by atoms with Crippen molar-refractivity contribution in [2.24, 2.45) is 5.92 Å². The Hall–Kier alpha value is -2.99. The predicted molar refractivity (Wildman–Crippen MR) is 121 cm³/mol. The summed E-state index contributed by atoms with van der Waals surface area (Å²) in [6.07, 6.45) is 1.85. The van der Waals surface area contributed by atoms with Gasteiger partial charge in [0.05, 0.1) is 11.0 Å². The number of nitrogens with one attached hydrogen (secondary N) is 2. The molecule has 2 N–H and O–H groups in total. The third-order valence-electron chi connectivity index (χ3n) is 5.02. The van der Waals surface area contributed by atoms with Gasteiger partial charge in [0.2, 0.25) is 15.9 Å². The van der Waals surface area contributed by atoms with Crippen LogP contribution < -0.4 is 14.8 Å². The maximum Gasteiger partial charge on any atom is 0.272 e. The van der Waals surface area contributed by atoms with Gasteiger partial charge in [-0.2, -0.15) is 5.10 Å². The van der Waals surface area contributed by atoms with Crippen molar-refractivity contribution in [3.63, 3.8) is 0 Å². The van der Waals surface area contributed by atoms with Crippen LogP contribution in [0.5, 0.6) is 11.6 Å². The first-order valence-corrected chi connectivity index (χ1v) is 12.2. The summed E-state index contributed by atoms with van der Waals surface area (Å²) in [6.45, 7) is 9.19. The van der Waals surface area contributed by atoms with E-state index in [0.717, 1.165) is 18.9 Å². The molecule has 1 amide bonds. The van der Waals surface area contributed by atoms with E-state index in [0.29, 0.717) is 5.56 Å². The number of non-ortho nitro benzene ring substituents is 1. The number of nitro benzene ring substituents is 1. The fourth-order valence-corrected chi connectivity index (χ4v) is 4.39. The summed E-state index contributed by atoms with van der Waals surface area (Å²) in [5, 5.41) is 18.6. The van der Waals surface area contributed by atoms with E-state index in [2.05, 4.69) is 15.1 Å². The number of nitrogens with zero attached hydrogens (tertiary/aromatic N) is 3. The fourth-order valence-electron chi connectivity index (χ4n) is 3.03. The van der Waals surface area contributed by atoms with Crippen LogP contribution in [0, 0.1) is 23.0 Å². The lowest BCUT2D eigenvalue weighted by Gasteiger charge is -2.16. The zero-order chi connectivity index (χ0) is 24.5. The summed E-state index contributed by atoms with van der Waals surface area (Å²) < 4.78 is 35.9. The first-order valence-electron chi connectivity index (χ1n) is 10.8. The number of carbonyl (C=O) groups excluding carboxylic acids is 1. The van der Waals surface area contributed by atoms with Gasteiger partial charge in [0.15, 0.2) is 5.69 Å². The van der Waals surface area contributed by atoms with Gasteiger partial charge >= 0.3 is 0 Å². The molecule has 1 aliphatic carbocycles. The quantitative estimate of drug-likeness (QED) is 0.393. The van der Waals surface area contributed by atoms with Crippen molar-refractivity contribution in [3.05, 3.63) is 39.6 Å². The van der Waals surface area contributed by atoms with E-state index in [4.69, 9.17) is 4.74 Å². The van der Waals surface area contributed by atoms with Gasteiger partial charge in [-0.25, -0.2) is 17.8 Å². The molecule has 0 aliphatic heterocycles. The minimum Gasteiger partial charge on any atom is -0.438 e. The van der Waals surface area contributed by atoms with E-state index in [-0.39, 0.29) is 58.4 Å². The van der Waals surface area contributed by atoms with Gasteiger partial charge < -0.3 is 10.1 Å². The Morgan fingerprint density at radius 2 is 1.97 bits per heavy atom. The van der Waals surface area contributed by atoms with Crippen molar-refractivity contribution in [2.45, 2.75) is 64.4 Å². The zero-order valence-electron chi connectivity index (χ0n) is 19.3. The number of ether oxygens (including phenoxy) is 1. The first-order chi connectivity index (χ1) is 15.4. The molecule has 0 radical (unpaired) electrons. The third-order valence-corrected chi connectivity index (χ3v) is 6.47. The van der Waals surface area contributed by atoms with E-state index < -0.39 is 14.9 Å². The number of nitro groups is 1. The molecule has 11 nitrogen and oxygen atoms in total. The molecule has 0 saturated heterocycles. The number of hydrogen-bond acceptors (Lipinski definition) is 7. The summed E-state index contributed by atoms with van der Waals surface area (Å²) >= 11 is 0. The molecule has 1 saturated carbocycles. The standard InChI is InChI=1S/C21H29N5O6S/c1-12(2)11-22-33(30,31)18-10-16(26(28)29)8-9-17(18)32-21-14(5)19(24-25(21)13(3)4)20(27)23-15-6-7-15/h8-10,12-13,15,22H,6-7,11H2,1-5H3,(H,23,27). The molecule has 1 heterocycles. The SMILES string of the molecule is Cc1c(C(=O)NC2CC2)nn(C(C)C)c1Oc1ccc([N+](=O)[O-])cc1S(=O)(=O)NCC(C)C. The van der Waals surface area contributed by atoms with Crippen LogP contribution in [0.3, 0.4) is 0 Å². The number of aromatic nitrogens is 2. The van der Waals surface area contributed by atoms with Crippen LogP contribution in [0.15, 0.2) is 23.1 Å². The zero-order valence-corrected chi connectivity index (χ0v) is 20.1. The van der Waals surface area contributed by atoms with Crippen LogP contribution in [0.2, 0.25) is 0 Å². The number of carbonyl (C=O) groups is 1. The normalized spacial score (nSPS) is 14.0. The fraction of sp³-hybridized carbons (Fsp3) is 0.524. The van der Waals surface area contributed by atoms with Crippen molar-refractivity contribution in [2.75, 3.05) is 6.54 Å². The summed E-state index contributed by atoms with van der Waals surface area (Å²) in [5.74, 6) is -0.203. The van der Waals surface area contributed by atoms with E-state index in [1.54, 1.807) is 6.92 Å². The average Bonchev–Trinajstić information content (AvgIpc) is 3.48. The van der Waals surface area contributed by atoms with Crippen LogP contribution in [-0.4, -0.2) is 41.6 Å². The lowest BCUT2D eigenvalue weighted by atomic mass is 10.2. The highest BCUT2D eigenvalue weighted by Gasteiger charge is 2.30. The molecule has 1 aliphatic rings. The number of amides is 1. The highest BCUT2D eigenvalue weighted by Crippen LogP contribution is 2.35. The molecular weight excluding hydrogens is 450 g/mol. The Morgan fingerprint density at radius 3 is 2.52 bits per heavy atom. The monoisotopic (exact) mass is 479 g/mol. The molecule has 0 unspecified atom stereocenters. The number of sulfonamides is 1. The molecular formula is C21H29N5O6S. The maximum atomic E-state index is 13.0. The molecule has 2 aromatic rings. The summed E-state index contributed by atoms with van der Waals surface area (Å²) in [7, 11) is -4.11. The molecule has 0 spiro atoms. The van der Waals surface area contributed by atoms with Crippen molar-refractivity contribution in [1.29, 1.82) is 0 Å². The van der Waals surface area contributed by atoms with Gasteiger partial charge in [-0.1, -0.05) is 13.8 Å². The highest BCUT2D eigenvalue weighted by atomic mass is 32.2. The minimum absolute atomic E-state index is 0.0278. The van der Waals surface area contributed by atoms with E-state index in [1.807, 2.05) is 27.7 Å². The first kappa shape index (κ1) is 24.6. The lowest BCUT2D eigenvalue weighted by Crippen LogP contribution is -2.28. The van der Waals surface area contributed by atoms with Crippen LogP contribution >= 0.6 is 0 Å². The third kappa shape index (κ3) is 5.69. The van der Waals surface area contributed by atoms with Gasteiger partial charge in [0.25, 0.3) is 11.6 Å². The second kappa shape index (κ2) is 9.48. The lowest BCUT2D eigenvalue weighted by molar-refractivity contribution is -0.385. The molecule has 1 fully saturated rings. The Bertz CT molecular complexity index is 1170. The van der Waals surface area contributed by atoms with Gasteiger partial charge in [-0.3, -0.25) is 14.9 Å². The molecule has 180 valence electrons.